The van der Waals surface area contributed by atoms with Crippen LogP contribution < -0.4 is 5.32 Å². The van der Waals surface area contributed by atoms with Gasteiger partial charge in [-0.25, -0.2) is 4.79 Å². The van der Waals surface area contributed by atoms with Gasteiger partial charge in [0.2, 0.25) is 0 Å². The Labute approximate surface area is 137 Å². The molecule has 1 saturated heterocycles. The molecule has 7 heteroatoms. The standard InChI is InChI=1S/C16H17ClF3NO2/c1-9-7-15(4-5-21-9)8-13(23-14(22)16(18,19)20)11-3-2-10(17)6-12(11)15/h2-3,6,9,13,21H,4-5,7-8H2,1H3/t9-,13?,15?/m0/s1. The number of esters is 1. The van der Waals surface area contributed by atoms with Crippen molar-refractivity contribution in [3.8, 4) is 0 Å². The molecule has 0 saturated carbocycles. The Morgan fingerprint density at radius 2 is 2.13 bits per heavy atom. The van der Waals surface area contributed by atoms with Crippen LogP contribution in [0.15, 0.2) is 18.2 Å². The summed E-state index contributed by atoms with van der Waals surface area (Å²) in [4.78, 5) is 11.2. The molecule has 0 radical (unpaired) electrons. The van der Waals surface area contributed by atoms with Crippen LogP contribution in [0.25, 0.3) is 0 Å². The molecule has 2 aliphatic rings. The van der Waals surface area contributed by atoms with E-state index in [0.29, 0.717) is 17.0 Å². The zero-order valence-electron chi connectivity index (χ0n) is 12.5. The summed E-state index contributed by atoms with van der Waals surface area (Å²) >= 11 is 6.08. The first-order chi connectivity index (χ1) is 10.7. The fourth-order valence-electron chi connectivity index (χ4n) is 3.89. The maximum absolute atomic E-state index is 12.5. The molecule has 3 rings (SSSR count). The molecule has 1 fully saturated rings. The highest BCUT2D eigenvalue weighted by Gasteiger charge is 2.50. The van der Waals surface area contributed by atoms with Gasteiger partial charge < -0.3 is 10.1 Å². The lowest BCUT2D eigenvalue weighted by molar-refractivity contribution is -0.205. The van der Waals surface area contributed by atoms with Gasteiger partial charge in [0.05, 0.1) is 0 Å². The van der Waals surface area contributed by atoms with Crippen LogP contribution in [0.1, 0.15) is 43.4 Å². The summed E-state index contributed by atoms with van der Waals surface area (Å²) in [6.07, 6.45) is -3.92. The molecule has 0 bridgehead atoms. The number of piperidine rings is 1. The van der Waals surface area contributed by atoms with Crippen molar-refractivity contribution < 1.29 is 22.7 Å². The van der Waals surface area contributed by atoms with E-state index in [1.54, 1.807) is 18.2 Å². The second-order valence-electron chi connectivity index (χ2n) is 6.42. The Morgan fingerprint density at radius 3 is 2.78 bits per heavy atom. The predicted molar refractivity (Wildman–Crippen MR) is 79.3 cm³/mol. The summed E-state index contributed by atoms with van der Waals surface area (Å²) in [6.45, 7) is 2.81. The van der Waals surface area contributed by atoms with Crippen molar-refractivity contribution in [1.82, 2.24) is 5.32 Å². The van der Waals surface area contributed by atoms with Gasteiger partial charge in [0, 0.05) is 16.5 Å². The van der Waals surface area contributed by atoms with Crippen molar-refractivity contribution in [2.75, 3.05) is 6.54 Å². The van der Waals surface area contributed by atoms with Crippen LogP contribution in [0.3, 0.4) is 0 Å². The van der Waals surface area contributed by atoms with Gasteiger partial charge in [-0.1, -0.05) is 17.7 Å². The average Bonchev–Trinajstić information content (AvgIpc) is 2.71. The smallest absolute Gasteiger partial charge is 0.451 e. The number of hydrogen-bond acceptors (Lipinski definition) is 3. The fraction of sp³-hybridized carbons (Fsp3) is 0.562. The molecule has 1 heterocycles. The van der Waals surface area contributed by atoms with Crippen LogP contribution in [0.5, 0.6) is 0 Å². The maximum atomic E-state index is 12.5. The van der Waals surface area contributed by atoms with Crippen LogP contribution in [0, 0.1) is 0 Å². The first-order valence-corrected chi connectivity index (χ1v) is 7.90. The van der Waals surface area contributed by atoms with Crippen LogP contribution in [0.4, 0.5) is 13.2 Å². The molecule has 0 amide bonds. The van der Waals surface area contributed by atoms with Gasteiger partial charge in [0.25, 0.3) is 0 Å². The van der Waals surface area contributed by atoms with E-state index >= 15 is 0 Å². The molecular formula is C16H17ClF3NO2. The second-order valence-corrected chi connectivity index (χ2v) is 6.85. The monoisotopic (exact) mass is 347 g/mol. The van der Waals surface area contributed by atoms with E-state index in [-0.39, 0.29) is 11.5 Å². The van der Waals surface area contributed by atoms with Gasteiger partial charge in [0.15, 0.2) is 0 Å². The zero-order valence-corrected chi connectivity index (χ0v) is 13.3. The van der Waals surface area contributed by atoms with E-state index in [2.05, 4.69) is 5.32 Å². The second kappa shape index (κ2) is 5.67. The Morgan fingerprint density at radius 1 is 1.39 bits per heavy atom. The SMILES string of the molecule is C[C@H]1CC2(CCN1)CC(OC(=O)C(F)(F)F)c1ccc(Cl)cc12. The molecule has 1 aromatic rings. The van der Waals surface area contributed by atoms with E-state index in [4.69, 9.17) is 16.3 Å². The number of hydrogen-bond donors (Lipinski definition) is 1. The number of carbonyl (C=O) groups is 1. The Kier molecular flexibility index (Phi) is 4.09. The van der Waals surface area contributed by atoms with E-state index in [0.717, 1.165) is 24.9 Å². The molecule has 126 valence electrons. The predicted octanol–water partition coefficient (Wildman–Crippen LogP) is 3.90. The molecule has 1 aliphatic carbocycles. The molecule has 3 nitrogen and oxygen atoms in total. The Bertz CT molecular complexity index is 634. The molecule has 0 aromatic heterocycles. The van der Waals surface area contributed by atoms with Gasteiger partial charge in [-0.15, -0.1) is 0 Å². The first-order valence-electron chi connectivity index (χ1n) is 7.52. The average molecular weight is 348 g/mol. The van der Waals surface area contributed by atoms with Crippen molar-refractivity contribution in [1.29, 1.82) is 0 Å². The Hall–Kier alpha value is -1.27. The van der Waals surface area contributed by atoms with Crippen LogP contribution in [-0.4, -0.2) is 24.7 Å². The molecule has 2 unspecified atom stereocenters. The molecule has 1 spiro atoms. The van der Waals surface area contributed by atoms with Crippen molar-refractivity contribution in [3.63, 3.8) is 0 Å². The number of benzene rings is 1. The van der Waals surface area contributed by atoms with E-state index in [9.17, 15) is 18.0 Å². The third-order valence-electron chi connectivity index (χ3n) is 4.78. The molecule has 23 heavy (non-hydrogen) atoms. The molecule has 1 aromatic carbocycles. The molecule has 1 N–H and O–H groups in total. The largest absolute Gasteiger partial charge is 0.490 e. The highest BCUT2D eigenvalue weighted by Crippen LogP contribution is 2.53. The lowest BCUT2D eigenvalue weighted by atomic mass is 9.72. The number of nitrogens with one attached hydrogen (secondary N) is 1. The number of carbonyl (C=O) groups excluding carboxylic acids is 1. The van der Waals surface area contributed by atoms with Crippen molar-refractivity contribution in [2.24, 2.45) is 0 Å². The van der Waals surface area contributed by atoms with Crippen molar-refractivity contribution in [3.05, 3.63) is 34.3 Å². The molecule has 1 aliphatic heterocycles. The third-order valence-corrected chi connectivity index (χ3v) is 5.02. The van der Waals surface area contributed by atoms with Gasteiger partial charge in [-0.05, 0) is 56.0 Å². The minimum Gasteiger partial charge on any atom is -0.451 e. The maximum Gasteiger partial charge on any atom is 0.490 e. The number of rotatable bonds is 1. The molecular weight excluding hydrogens is 331 g/mol. The van der Waals surface area contributed by atoms with Crippen molar-refractivity contribution in [2.45, 2.75) is 49.9 Å². The van der Waals surface area contributed by atoms with Crippen LogP contribution >= 0.6 is 11.6 Å². The van der Waals surface area contributed by atoms with E-state index in [1.165, 1.54) is 0 Å². The van der Waals surface area contributed by atoms with E-state index < -0.39 is 18.2 Å². The highest BCUT2D eigenvalue weighted by atomic mass is 35.5. The normalized spacial score (nSPS) is 30.3. The summed E-state index contributed by atoms with van der Waals surface area (Å²) < 4.78 is 42.4. The van der Waals surface area contributed by atoms with Gasteiger partial charge >= 0.3 is 12.1 Å². The number of fused-ring (bicyclic) bond motifs is 2. The summed E-state index contributed by atoms with van der Waals surface area (Å²) in [5.74, 6) is -2.14. The summed E-state index contributed by atoms with van der Waals surface area (Å²) in [7, 11) is 0. The minimum absolute atomic E-state index is 0.243. The van der Waals surface area contributed by atoms with E-state index in [1.807, 2.05) is 6.92 Å². The number of alkyl halides is 3. The quantitative estimate of drug-likeness (QED) is 0.783. The van der Waals surface area contributed by atoms with Crippen LogP contribution in [0.2, 0.25) is 5.02 Å². The summed E-state index contributed by atoms with van der Waals surface area (Å²) in [5, 5.41) is 3.88. The number of halogens is 4. The van der Waals surface area contributed by atoms with Gasteiger partial charge in [-0.3, -0.25) is 0 Å². The zero-order chi connectivity index (χ0) is 16.8. The van der Waals surface area contributed by atoms with Crippen molar-refractivity contribution >= 4 is 17.6 Å². The minimum atomic E-state index is -4.98. The number of ether oxygens (including phenoxy) is 1. The lowest BCUT2D eigenvalue weighted by Crippen LogP contribution is -2.44. The van der Waals surface area contributed by atoms with Crippen LogP contribution in [-0.2, 0) is 14.9 Å². The fourth-order valence-corrected chi connectivity index (χ4v) is 4.06. The molecule has 3 atom stereocenters. The third kappa shape index (κ3) is 3.06. The highest BCUT2D eigenvalue weighted by molar-refractivity contribution is 6.30. The topological polar surface area (TPSA) is 38.3 Å². The first kappa shape index (κ1) is 16.6. The van der Waals surface area contributed by atoms with Gasteiger partial charge in [-0.2, -0.15) is 13.2 Å². The van der Waals surface area contributed by atoms with Gasteiger partial charge in [0.1, 0.15) is 6.10 Å². The lowest BCUT2D eigenvalue weighted by Gasteiger charge is -2.38. The Balaban J connectivity index is 1.95. The summed E-state index contributed by atoms with van der Waals surface area (Å²) in [5.41, 5.74) is 1.26. The summed E-state index contributed by atoms with van der Waals surface area (Å²) in [6, 6.07) is 5.34.